The topological polar surface area (TPSA) is 56.7 Å². The first kappa shape index (κ1) is 10.6. The molecule has 84 valence electrons. The Bertz CT molecular complexity index is 333. The van der Waals surface area contributed by atoms with E-state index in [1.54, 1.807) is 6.33 Å². The summed E-state index contributed by atoms with van der Waals surface area (Å²) in [4.78, 5) is 4.25. The first-order chi connectivity index (χ1) is 7.09. The highest BCUT2D eigenvalue weighted by atomic mass is 15.3. The van der Waals surface area contributed by atoms with E-state index >= 15 is 0 Å². The molecule has 4 heteroatoms. The van der Waals surface area contributed by atoms with Gasteiger partial charge in [-0.15, -0.1) is 0 Å². The Balaban J connectivity index is 2.07. The van der Waals surface area contributed by atoms with E-state index in [9.17, 15) is 0 Å². The highest BCUT2D eigenvalue weighted by Crippen LogP contribution is 2.32. The quantitative estimate of drug-likeness (QED) is 0.796. The molecule has 1 aliphatic carbocycles. The lowest BCUT2D eigenvalue weighted by Gasteiger charge is -2.36. The average molecular weight is 208 g/mol. The molecule has 0 spiro atoms. The van der Waals surface area contributed by atoms with E-state index in [1.807, 2.05) is 11.7 Å². The largest absolute Gasteiger partial charge is 0.325 e. The van der Waals surface area contributed by atoms with Crippen LogP contribution in [0.3, 0.4) is 0 Å². The molecule has 1 aliphatic rings. The Morgan fingerprint density at radius 2 is 2.47 bits per heavy atom. The third kappa shape index (κ3) is 2.37. The summed E-state index contributed by atoms with van der Waals surface area (Å²) >= 11 is 0. The van der Waals surface area contributed by atoms with E-state index in [2.05, 4.69) is 17.0 Å². The molecule has 2 rings (SSSR count). The van der Waals surface area contributed by atoms with Crippen LogP contribution in [0.2, 0.25) is 0 Å². The van der Waals surface area contributed by atoms with Crippen LogP contribution in [0.15, 0.2) is 6.33 Å². The molecule has 1 saturated carbocycles. The van der Waals surface area contributed by atoms with Crippen molar-refractivity contribution < 1.29 is 0 Å². The van der Waals surface area contributed by atoms with Crippen LogP contribution >= 0.6 is 0 Å². The highest BCUT2D eigenvalue weighted by molar-refractivity contribution is 4.99. The summed E-state index contributed by atoms with van der Waals surface area (Å²) in [6.45, 7) is 2.29. The standard InChI is InChI=1S/C11H20N4/c1-9-4-3-5-11(12,6-9)7-10-13-8-14-15(10)2/h8-9H,3-7,12H2,1-2H3. The zero-order chi connectivity index (χ0) is 10.9. The van der Waals surface area contributed by atoms with Crippen LogP contribution in [-0.4, -0.2) is 20.3 Å². The number of hydrogen-bond donors (Lipinski definition) is 1. The predicted molar refractivity (Wildman–Crippen MR) is 59.3 cm³/mol. The molecular formula is C11H20N4. The minimum absolute atomic E-state index is 0.0571. The fraction of sp³-hybridized carbons (Fsp3) is 0.818. The Labute approximate surface area is 90.9 Å². The van der Waals surface area contributed by atoms with Gasteiger partial charge in [-0.2, -0.15) is 5.10 Å². The Hall–Kier alpha value is -0.900. The van der Waals surface area contributed by atoms with Crippen molar-refractivity contribution >= 4 is 0 Å². The Morgan fingerprint density at radius 1 is 1.67 bits per heavy atom. The monoisotopic (exact) mass is 208 g/mol. The fourth-order valence-corrected chi connectivity index (χ4v) is 2.66. The molecular weight excluding hydrogens is 188 g/mol. The first-order valence-electron chi connectivity index (χ1n) is 5.71. The van der Waals surface area contributed by atoms with Crippen LogP contribution in [0.1, 0.15) is 38.4 Å². The summed E-state index contributed by atoms with van der Waals surface area (Å²) in [5, 5.41) is 4.08. The summed E-state index contributed by atoms with van der Waals surface area (Å²) in [6, 6.07) is 0. The van der Waals surface area contributed by atoms with Gasteiger partial charge in [-0.3, -0.25) is 4.68 Å². The maximum Gasteiger partial charge on any atom is 0.138 e. The van der Waals surface area contributed by atoms with Gasteiger partial charge in [0, 0.05) is 19.0 Å². The molecule has 0 saturated heterocycles. The van der Waals surface area contributed by atoms with E-state index in [-0.39, 0.29) is 5.54 Å². The average Bonchev–Trinajstić information content (AvgIpc) is 2.50. The summed E-state index contributed by atoms with van der Waals surface area (Å²) in [6.07, 6.45) is 7.25. The molecule has 4 nitrogen and oxygen atoms in total. The summed E-state index contributed by atoms with van der Waals surface area (Å²) in [5.41, 5.74) is 6.37. The second-order valence-corrected chi connectivity index (χ2v) is 5.04. The molecule has 0 radical (unpaired) electrons. The van der Waals surface area contributed by atoms with Gasteiger partial charge in [-0.1, -0.05) is 19.8 Å². The van der Waals surface area contributed by atoms with Gasteiger partial charge in [0.05, 0.1) is 0 Å². The summed E-state index contributed by atoms with van der Waals surface area (Å²) < 4.78 is 1.83. The van der Waals surface area contributed by atoms with E-state index in [4.69, 9.17) is 5.73 Å². The Kier molecular flexibility index (Phi) is 2.78. The van der Waals surface area contributed by atoms with Gasteiger partial charge in [-0.25, -0.2) is 4.98 Å². The van der Waals surface area contributed by atoms with Gasteiger partial charge >= 0.3 is 0 Å². The van der Waals surface area contributed by atoms with Gasteiger partial charge in [-0.05, 0) is 18.8 Å². The molecule has 1 heterocycles. The van der Waals surface area contributed by atoms with Gasteiger partial charge < -0.3 is 5.73 Å². The summed E-state index contributed by atoms with van der Waals surface area (Å²) in [5.74, 6) is 1.75. The van der Waals surface area contributed by atoms with E-state index in [1.165, 1.54) is 12.8 Å². The summed E-state index contributed by atoms with van der Waals surface area (Å²) in [7, 11) is 1.93. The highest BCUT2D eigenvalue weighted by Gasteiger charge is 2.32. The maximum absolute atomic E-state index is 6.43. The molecule has 1 fully saturated rings. The third-order valence-electron chi connectivity index (χ3n) is 3.44. The van der Waals surface area contributed by atoms with Crippen molar-refractivity contribution in [3.8, 4) is 0 Å². The lowest BCUT2D eigenvalue weighted by molar-refractivity contribution is 0.230. The van der Waals surface area contributed by atoms with Gasteiger partial charge in [0.2, 0.25) is 0 Å². The molecule has 1 aromatic rings. The van der Waals surface area contributed by atoms with Gasteiger partial charge in [0.1, 0.15) is 12.2 Å². The van der Waals surface area contributed by atoms with Crippen LogP contribution in [0, 0.1) is 5.92 Å². The van der Waals surface area contributed by atoms with E-state index < -0.39 is 0 Å². The molecule has 0 bridgehead atoms. The van der Waals surface area contributed by atoms with Crippen molar-refractivity contribution in [2.24, 2.45) is 18.7 Å². The lowest BCUT2D eigenvalue weighted by atomic mass is 9.75. The van der Waals surface area contributed by atoms with Gasteiger partial charge in [0.15, 0.2) is 0 Å². The smallest absolute Gasteiger partial charge is 0.138 e. The van der Waals surface area contributed by atoms with Crippen LogP contribution in [0.4, 0.5) is 0 Å². The lowest BCUT2D eigenvalue weighted by Crippen LogP contribution is -2.46. The Morgan fingerprint density at radius 3 is 3.07 bits per heavy atom. The number of aromatic nitrogens is 3. The normalized spacial score (nSPS) is 31.8. The number of aryl methyl sites for hydroxylation is 1. The second-order valence-electron chi connectivity index (χ2n) is 5.04. The molecule has 0 aliphatic heterocycles. The molecule has 2 atom stereocenters. The zero-order valence-electron chi connectivity index (χ0n) is 9.61. The van der Waals surface area contributed by atoms with Crippen molar-refractivity contribution in [1.82, 2.24) is 14.8 Å². The molecule has 1 aromatic heterocycles. The van der Waals surface area contributed by atoms with E-state index in [0.29, 0.717) is 0 Å². The molecule has 2 unspecified atom stereocenters. The maximum atomic E-state index is 6.43. The first-order valence-corrected chi connectivity index (χ1v) is 5.71. The second kappa shape index (κ2) is 3.93. The number of nitrogens with zero attached hydrogens (tertiary/aromatic N) is 3. The SMILES string of the molecule is CC1CCCC(N)(Cc2ncnn2C)C1. The van der Waals surface area contributed by atoms with Crippen molar-refractivity contribution in [3.05, 3.63) is 12.2 Å². The van der Waals surface area contributed by atoms with Crippen molar-refractivity contribution in [3.63, 3.8) is 0 Å². The van der Waals surface area contributed by atoms with Crippen molar-refractivity contribution in [1.29, 1.82) is 0 Å². The molecule has 15 heavy (non-hydrogen) atoms. The van der Waals surface area contributed by atoms with Crippen molar-refractivity contribution in [2.75, 3.05) is 0 Å². The van der Waals surface area contributed by atoms with Crippen molar-refractivity contribution in [2.45, 2.75) is 44.6 Å². The van der Waals surface area contributed by atoms with Crippen LogP contribution in [0.5, 0.6) is 0 Å². The minimum atomic E-state index is -0.0571. The van der Waals surface area contributed by atoms with Gasteiger partial charge in [0.25, 0.3) is 0 Å². The third-order valence-corrected chi connectivity index (χ3v) is 3.44. The molecule has 0 amide bonds. The number of hydrogen-bond acceptors (Lipinski definition) is 3. The predicted octanol–water partition coefficient (Wildman–Crippen LogP) is 1.27. The van der Waals surface area contributed by atoms with Crippen LogP contribution in [-0.2, 0) is 13.5 Å². The zero-order valence-corrected chi connectivity index (χ0v) is 9.61. The minimum Gasteiger partial charge on any atom is -0.325 e. The fourth-order valence-electron chi connectivity index (χ4n) is 2.66. The molecule has 2 N–H and O–H groups in total. The van der Waals surface area contributed by atoms with Crippen LogP contribution < -0.4 is 5.73 Å². The van der Waals surface area contributed by atoms with E-state index in [0.717, 1.165) is 31.0 Å². The molecule has 0 aromatic carbocycles. The number of nitrogens with two attached hydrogens (primary N) is 1. The number of rotatable bonds is 2. The van der Waals surface area contributed by atoms with Crippen LogP contribution in [0.25, 0.3) is 0 Å².